The molecule has 0 spiro atoms. The van der Waals surface area contributed by atoms with Crippen molar-refractivity contribution in [2.75, 3.05) is 7.11 Å². The standard InChI is InChI=1S/C28H23N5O4/c1-17(18-8-11-21(35-2)12-9-18)32-36-15-24-30-27-26-25(19-6-4-3-5-7-19)22-13-10-20(34)14-23(22)37-28(26)29-16-33(27)31-24/h3-14,16,25,34H,15H2,1-2H3/b32-17-/t25-/m1/s1. The fourth-order valence-corrected chi connectivity index (χ4v) is 4.47. The lowest BCUT2D eigenvalue weighted by Crippen LogP contribution is -2.14. The number of aromatic nitrogens is 4. The third-order valence-corrected chi connectivity index (χ3v) is 6.27. The van der Waals surface area contributed by atoms with Crippen molar-refractivity contribution in [3.8, 4) is 23.1 Å². The van der Waals surface area contributed by atoms with Gasteiger partial charge in [-0.15, -0.1) is 5.10 Å². The molecule has 3 heterocycles. The van der Waals surface area contributed by atoms with Gasteiger partial charge < -0.3 is 19.4 Å². The van der Waals surface area contributed by atoms with Crippen LogP contribution in [0.5, 0.6) is 23.1 Å². The van der Waals surface area contributed by atoms with Gasteiger partial charge in [0.25, 0.3) is 0 Å². The second-order valence-electron chi connectivity index (χ2n) is 8.61. The number of phenols is 1. The third kappa shape index (κ3) is 4.20. The van der Waals surface area contributed by atoms with Gasteiger partial charge in [-0.05, 0) is 48.4 Å². The molecule has 184 valence electrons. The van der Waals surface area contributed by atoms with Crippen molar-refractivity contribution in [2.45, 2.75) is 19.4 Å². The van der Waals surface area contributed by atoms with Crippen LogP contribution in [-0.4, -0.2) is 37.5 Å². The van der Waals surface area contributed by atoms with Gasteiger partial charge in [-0.2, -0.15) is 0 Å². The van der Waals surface area contributed by atoms with Crippen LogP contribution in [0.2, 0.25) is 0 Å². The van der Waals surface area contributed by atoms with E-state index in [-0.39, 0.29) is 18.3 Å². The molecule has 1 N–H and O–H groups in total. The molecule has 3 aromatic carbocycles. The van der Waals surface area contributed by atoms with Crippen molar-refractivity contribution < 1.29 is 19.4 Å². The van der Waals surface area contributed by atoms with Crippen molar-refractivity contribution >= 4 is 11.4 Å². The second kappa shape index (κ2) is 9.27. The number of ether oxygens (including phenoxy) is 2. The van der Waals surface area contributed by atoms with Crippen LogP contribution in [-0.2, 0) is 11.4 Å². The Balaban J connectivity index is 1.33. The molecule has 0 fully saturated rings. The summed E-state index contributed by atoms with van der Waals surface area (Å²) in [6.45, 7) is 1.96. The molecule has 0 amide bonds. The van der Waals surface area contributed by atoms with Crippen LogP contribution in [0.1, 0.15) is 40.9 Å². The molecule has 1 aliphatic rings. The minimum Gasteiger partial charge on any atom is -0.508 e. The minimum absolute atomic E-state index is 0.0886. The van der Waals surface area contributed by atoms with E-state index < -0.39 is 0 Å². The largest absolute Gasteiger partial charge is 0.508 e. The molecule has 0 bridgehead atoms. The van der Waals surface area contributed by atoms with Crippen LogP contribution in [0.15, 0.2) is 84.3 Å². The van der Waals surface area contributed by atoms with Gasteiger partial charge in [0.15, 0.2) is 18.1 Å². The summed E-state index contributed by atoms with van der Waals surface area (Å²) in [5.74, 6) is 2.15. The Bertz CT molecular complexity index is 1610. The highest BCUT2D eigenvalue weighted by Gasteiger charge is 2.33. The van der Waals surface area contributed by atoms with Crippen LogP contribution in [0, 0.1) is 0 Å². The van der Waals surface area contributed by atoms with E-state index in [1.165, 1.54) is 0 Å². The molecule has 0 saturated carbocycles. The second-order valence-corrected chi connectivity index (χ2v) is 8.61. The van der Waals surface area contributed by atoms with E-state index in [1.807, 2.05) is 55.5 Å². The number of oxime groups is 1. The first-order chi connectivity index (χ1) is 18.1. The first-order valence-electron chi connectivity index (χ1n) is 11.7. The highest BCUT2D eigenvalue weighted by Crippen LogP contribution is 2.48. The zero-order valence-corrected chi connectivity index (χ0v) is 20.2. The minimum atomic E-state index is -0.204. The molecule has 9 heteroatoms. The number of aromatic hydroxyl groups is 1. The summed E-state index contributed by atoms with van der Waals surface area (Å²) in [6.07, 6.45) is 1.56. The maximum atomic E-state index is 10.0. The van der Waals surface area contributed by atoms with Gasteiger partial charge in [0.2, 0.25) is 5.88 Å². The van der Waals surface area contributed by atoms with Crippen molar-refractivity contribution in [3.05, 3.63) is 107 Å². The number of methoxy groups -OCH3 is 1. The number of fused-ring (bicyclic) bond motifs is 4. The molecule has 1 aliphatic heterocycles. The molecule has 0 unspecified atom stereocenters. The van der Waals surface area contributed by atoms with Gasteiger partial charge >= 0.3 is 0 Å². The maximum Gasteiger partial charge on any atom is 0.228 e. The lowest BCUT2D eigenvalue weighted by atomic mass is 9.84. The average Bonchev–Trinajstić information content (AvgIpc) is 3.35. The van der Waals surface area contributed by atoms with Crippen LogP contribution >= 0.6 is 0 Å². The van der Waals surface area contributed by atoms with E-state index in [0.717, 1.165) is 33.7 Å². The molecule has 2 aromatic heterocycles. The smallest absolute Gasteiger partial charge is 0.228 e. The Morgan fingerprint density at radius 2 is 1.89 bits per heavy atom. The molecule has 5 aromatic rings. The predicted octanol–water partition coefficient (Wildman–Crippen LogP) is 5.07. The molecule has 0 saturated heterocycles. The third-order valence-electron chi connectivity index (χ3n) is 6.27. The summed E-state index contributed by atoms with van der Waals surface area (Å²) >= 11 is 0. The van der Waals surface area contributed by atoms with Gasteiger partial charge in [-0.3, -0.25) is 0 Å². The number of phenolic OH excluding ortho intramolecular Hbond substituents is 1. The van der Waals surface area contributed by atoms with E-state index in [9.17, 15) is 5.11 Å². The summed E-state index contributed by atoms with van der Waals surface area (Å²) < 4.78 is 12.9. The normalized spacial score (nSPS) is 14.5. The molecule has 0 aliphatic carbocycles. The zero-order valence-electron chi connectivity index (χ0n) is 20.2. The fourth-order valence-electron chi connectivity index (χ4n) is 4.47. The van der Waals surface area contributed by atoms with Crippen LogP contribution in [0.4, 0.5) is 0 Å². The van der Waals surface area contributed by atoms with Gasteiger partial charge in [0, 0.05) is 17.5 Å². The molecule has 1 atom stereocenters. The first kappa shape index (κ1) is 22.5. The Labute approximate surface area is 212 Å². The van der Waals surface area contributed by atoms with E-state index in [2.05, 4.69) is 27.4 Å². The number of nitrogens with zero attached hydrogens (tertiary/aromatic N) is 5. The van der Waals surface area contributed by atoms with E-state index >= 15 is 0 Å². The van der Waals surface area contributed by atoms with Crippen molar-refractivity contribution in [1.29, 1.82) is 0 Å². The highest BCUT2D eigenvalue weighted by molar-refractivity contribution is 5.98. The average molecular weight is 494 g/mol. The van der Waals surface area contributed by atoms with Crippen LogP contribution in [0.3, 0.4) is 0 Å². The van der Waals surface area contributed by atoms with Gasteiger partial charge in [-0.25, -0.2) is 14.5 Å². The summed E-state index contributed by atoms with van der Waals surface area (Å²) in [7, 11) is 1.63. The monoisotopic (exact) mass is 493 g/mol. The number of rotatable bonds is 6. The van der Waals surface area contributed by atoms with Crippen LogP contribution < -0.4 is 9.47 Å². The van der Waals surface area contributed by atoms with Crippen LogP contribution in [0.25, 0.3) is 5.65 Å². The number of hydrogen-bond donors (Lipinski definition) is 1. The Morgan fingerprint density at radius 1 is 1.08 bits per heavy atom. The van der Waals surface area contributed by atoms with Crippen molar-refractivity contribution in [2.24, 2.45) is 5.16 Å². The molecular weight excluding hydrogens is 470 g/mol. The molecule has 6 rings (SSSR count). The topological polar surface area (TPSA) is 103 Å². The fraction of sp³-hybridized carbons (Fsp3) is 0.143. The van der Waals surface area contributed by atoms with E-state index in [0.29, 0.717) is 23.1 Å². The van der Waals surface area contributed by atoms with E-state index in [4.69, 9.17) is 19.3 Å². The molecule has 9 nitrogen and oxygen atoms in total. The van der Waals surface area contributed by atoms with Gasteiger partial charge in [0.1, 0.15) is 23.6 Å². The van der Waals surface area contributed by atoms with Gasteiger partial charge in [-0.1, -0.05) is 41.6 Å². The molecule has 37 heavy (non-hydrogen) atoms. The predicted molar refractivity (Wildman–Crippen MR) is 136 cm³/mol. The highest BCUT2D eigenvalue weighted by atomic mass is 16.6. The summed E-state index contributed by atoms with van der Waals surface area (Å²) in [5.41, 5.74) is 5.02. The summed E-state index contributed by atoms with van der Waals surface area (Å²) in [5, 5.41) is 18.8. The Morgan fingerprint density at radius 3 is 2.68 bits per heavy atom. The van der Waals surface area contributed by atoms with Gasteiger partial charge in [0.05, 0.1) is 18.4 Å². The molecule has 0 radical (unpaired) electrons. The lowest BCUT2D eigenvalue weighted by molar-refractivity contribution is 0.125. The summed E-state index contributed by atoms with van der Waals surface area (Å²) in [4.78, 5) is 14.8. The summed E-state index contributed by atoms with van der Waals surface area (Å²) in [6, 6.07) is 22.8. The van der Waals surface area contributed by atoms with Crippen molar-refractivity contribution in [1.82, 2.24) is 19.6 Å². The maximum absolute atomic E-state index is 10.0. The SMILES string of the molecule is COc1ccc(/C(C)=N\OCc2nc3c4c(ncn3n2)Oc2cc(O)ccc2[C@H]4c2ccccc2)cc1. The number of hydrogen-bond acceptors (Lipinski definition) is 8. The van der Waals surface area contributed by atoms with Crippen molar-refractivity contribution in [3.63, 3.8) is 0 Å². The zero-order chi connectivity index (χ0) is 25.4. The Hall–Kier alpha value is -4.92. The Kier molecular flexibility index (Phi) is 5.65. The number of benzene rings is 3. The quantitative estimate of drug-likeness (QED) is 0.255. The molecular formula is C28H23N5O4. The first-order valence-corrected chi connectivity index (χ1v) is 11.7. The lowest BCUT2D eigenvalue weighted by Gasteiger charge is -2.27. The van der Waals surface area contributed by atoms with E-state index in [1.54, 1.807) is 30.1 Å².